The standard InChI is InChI=1S/C22H24N2O4S/c25-21-17-7-2-3-8-19(17)29(27,28)20-15-16(9-10-18(20)21)22(26)23-11-6-14-24-12-4-1-5-13-24/h2-3,7-10,15H,1,4-6,11-14H2,(H,23,26)/p+1. The van der Waals surface area contributed by atoms with Crippen molar-refractivity contribution in [2.75, 3.05) is 26.2 Å². The number of piperidine rings is 1. The Hall–Kier alpha value is -2.51. The molecular weight excluding hydrogens is 388 g/mol. The van der Waals surface area contributed by atoms with E-state index in [1.807, 2.05) is 0 Å². The maximum Gasteiger partial charge on any atom is 0.251 e. The van der Waals surface area contributed by atoms with Gasteiger partial charge in [0.25, 0.3) is 5.91 Å². The monoisotopic (exact) mass is 413 g/mol. The highest BCUT2D eigenvalue weighted by Crippen LogP contribution is 2.34. The van der Waals surface area contributed by atoms with Crippen LogP contribution < -0.4 is 10.2 Å². The molecule has 2 aromatic rings. The average Bonchev–Trinajstić information content (AvgIpc) is 2.75. The predicted octanol–water partition coefficient (Wildman–Crippen LogP) is 1.25. The second kappa shape index (κ2) is 8.08. The Kier molecular flexibility index (Phi) is 5.52. The van der Waals surface area contributed by atoms with Crippen LogP contribution in [0.5, 0.6) is 0 Å². The molecule has 0 radical (unpaired) electrons. The summed E-state index contributed by atoms with van der Waals surface area (Å²) >= 11 is 0. The number of rotatable bonds is 5. The minimum atomic E-state index is -3.83. The van der Waals surface area contributed by atoms with Crippen molar-refractivity contribution in [1.29, 1.82) is 0 Å². The molecule has 7 heteroatoms. The zero-order valence-corrected chi connectivity index (χ0v) is 17.1. The normalized spacial score (nSPS) is 18.0. The molecule has 1 amide bonds. The van der Waals surface area contributed by atoms with Crippen LogP contribution in [0.4, 0.5) is 0 Å². The fourth-order valence-electron chi connectivity index (χ4n) is 4.17. The van der Waals surface area contributed by atoms with Gasteiger partial charge in [-0.05, 0) is 49.6 Å². The third-order valence-electron chi connectivity index (χ3n) is 5.75. The SMILES string of the molecule is O=C(NCCC[NH+]1CCCCC1)c1ccc2c(c1)S(=O)(=O)c1ccccc1C2=O. The van der Waals surface area contributed by atoms with Crippen molar-refractivity contribution in [3.8, 4) is 0 Å². The summed E-state index contributed by atoms with van der Waals surface area (Å²) in [4.78, 5) is 26.7. The van der Waals surface area contributed by atoms with Crippen molar-refractivity contribution in [3.05, 3.63) is 59.2 Å². The van der Waals surface area contributed by atoms with E-state index in [-0.39, 0.29) is 38.2 Å². The molecule has 0 bridgehead atoms. The van der Waals surface area contributed by atoms with Gasteiger partial charge in [0, 0.05) is 29.7 Å². The Morgan fingerprint density at radius 1 is 0.966 bits per heavy atom. The van der Waals surface area contributed by atoms with E-state index in [2.05, 4.69) is 5.32 Å². The van der Waals surface area contributed by atoms with E-state index in [1.54, 1.807) is 17.0 Å². The number of sulfone groups is 1. The van der Waals surface area contributed by atoms with Crippen molar-refractivity contribution in [2.24, 2.45) is 0 Å². The van der Waals surface area contributed by atoms with Crippen molar-refractivity contribution < 1.29 is 22.9 Å². The first-order chi connectivity index (χ1) is 14.0. The molecule has 0 saturated carbocycles. The fourth-order valence-corrected chi connectivity index (χ4v) is 5.85. The first-order valence-electron chi connectivity index (χ1n) is 10.1. The number of benzene rings is 2. The first kappa shape index (κ1) is 19.8. The summed E-state index contributed by atoms with van der Waals surface area (Å²) in [5.74, 6) is -0.648. The molecule has 6 nitrogen and oxygen atoms in total. The van der Waals surface area contributed by atoms with Gasteiger partial charge < -0.3 is 10.2 Å². The minimum Gasteiger partial charge on any atom is -0.352 e. The van der Waals surface area contributed by atoms with Crippen molar-refractivity contribution >= 4 is 21.5 Å². The lowest BCUT2D eigenvalue weighted by molar-refractivity contribution is -0.904. The predicted molar refractivity (Wildman–Crippen MR) is 108 cm³/mol. The molecule has 152 valence electrons. The maximum absolute atomic E-state index is 13.0. The Bertz CT molecular complexity index is 1060. The summed E-state index contributed by atoms with van der Waals surface area (Å²) in [6.45, 7) is 3.98. The van der Waals surface area contributed by atoms with Crippen LogP contribution in [0.3, 0.4) is 0 Å². The summed E-state index contributed by atoms with van der Waals surface area (Å²) in [7, 11) is -3.83. The number of hydrogen-bond donors (Lipinski definition) is 2. The molecule has 2 aromatic carbocycles. The van der Waals surface area contributed by atoms with E-state index in [9.17, 15) is 18.0 Å². The van der Waals surface area contributed by atoms with E-state index in [1.165, 1.54) is 62.7 Å². The number of fused-ring (bicyclic) bond motifs is 2. The van der Waals surface area contributed by atoms with E-state index < -0.39 is 9.84 Å². The topological polar surface area (TPSA) is 84.8 Å². The Morgan fingerprint density at radius 3 is 2.48 bits per heavy atom. The third kappa shape index (κ3) is 3.84. The number of nitrogens with one attached hydrogen (secondary N) is 2. The van der Waals surface area contributed by atoms with Gasteiger partial charge in [0.15, 0.2) is 5.78 Å². The molecule has 0 atom stereocenters. The number of ketones is 1. The van der Waals surface area contributed by atoms with Crippen LogP contribution in [0.2, 0.25) is 0 Å². The van der Waals surface area contributed by atoms with E-state index in [0.717, 1.165) is 13.0 Å². The highest BCUT2D eigenvalue weighted by Gasteiger charge is 2.35. The number of amides is 1. The molecular formula is C22H25N2O4S+. The van der Waals surface area contributed by atoms with E-state index in [0.29, 0.717) is 6.54 Å². The first-order valence-corrected chi connectivity index (χ1v) is 11.6. The van der Waals surface area contributed by atoms with Gasteiger partial charge >= 0.3 is 0 Å². The van der Waals surface area contributed by atoms with E-state index >= 15 is 0 Å². The number of carbonyl (C=O) groups excluding carboxylic acids is 2. The van der Waals surface area contributed by atoms with Crippen molar-refractivity contribution in [1.82, 2.24) is 5.32 Å². The summed E-state index contributed by atoms with van der Waals surface area (Å²) in [5, 5.41) is 2.87. The van der Waals surface area contributed by atoms with Gasteiger partial charge in [-0.1, -0.05) is 12.1 Å². The second-order valence-electron chi connectivity index (χ2n) is 7.71. The Morgan fingerprint density at radius 2 is 1.69 bits per heavy atom. The summed E-state index contributed by atoms with van der Waals surface area (Å²) in [6, 6.07) is 10.5. The molecule has 0 aromatic heterocycles. The van der Waals surface area contributed by atoms with Gasteiger partial charge in [-0.15, -0.1) is 0 Å². The van der Waals surface area contributed by atoms with Crippen LogP contribution in [-0.2, 0) is 9.84 Å². The molecule has 2 aliphatic rings. The summed E-state index contributed by atoms with van der Waals surface area (Å²) in [6.07, 6.45) is 4.74. The molecule has 0 unspecified atom stereocenters. The lowest BCUT2D eigenvalue weighted by Crippen LogP contribution is -3.12. The lowest BCUT2D eigenvalue weighted by Gasteiger charge is -2.23. The average molecular weight is 414 g/mol. The molecule has 2 heterocycles. The number of quaternary nitrogens is 1. The van der Waals surface area contributed by atoms with Crippen molar-refractivity contribution in [2.45, 2.75) is 35.5 Å². The number of likely N-dealkylation sites (tertiary alicyclic amines) is 1. The molecule has 0 spiro atoms. The molecule has 29 heavy (non-hydrogen) atoms. The highest BCUT2D eigenvalue weighted by atomic mass is 32.2. The fraction of sp³-hybridized carbons (Fsp3) is 0.364. The van der Waals surface area contributed by atoms with Gasteiger partial charge in [0.05, 0.1) is 29.4 Å². The molecule has 4 rings (SSSR count). The van der Waals surface area contributed by atoms with Crippen LogP contribution in [0, 0.1) is 0 Å². The zero-order chi connectivity index (χ0) is 20.4. The second-order valence-corrected chi connectivity index (χ2v) is 9.60. The van der Waals surface area contributed by atoms with Crippen LogP contribution in [0.1, 0.15) is 52.0 Å². The molecule has 0 aliphatic carbocycles. The number of carbonyl (C=O) groups is 2. The maximum atomic E-state index is 13.0. The summed E-state index contributed by atoms with van der Waals surface area (Å²) in [5.41, 5.74) is 0.552. The zero-order valence-electron chi connectivity index (χ0n) is 16.2. The van der Waals surface area contributed by atoms with Gasteiger partial charge in [-0.3, -0.25) is 9.59 Å². The molecule has 1 fully saturated rings. The minimum absolute atomic E-state index is 0.000403. The smallest absolute Gasteiger partial charge is 0.251 e. The van der Waals surface area contributed by atoms with Gasteiger partial charge in [-0.25, -0.2) is 8.42 Å². The van der Waals surface area contributed by atoms with Crippen LogP contribution in [-0.4, -0.2) is 46.3 Å². The van der Waals surface area contributed by atoms with Crippen molar-refractivity contribution in [3.63, 3.8) is 0 Å². The Balaban J connectivity index is 1.47. The van der Waals surface area contributed by atoms with Crippen LogP contribution in [0.25, 0.3) is 0 Å². The quantitative estimate of drug-likeness (QED) is 0.617. The largest absolute Gasteiger partial charge is 0.352 e. The third-order valence-corrected chi connectivity index (χ3v) is 7.60. The van der Waals surface area contributed by atoms with E-state index in [4.69, 9.17) is 0 Å². The van der Waals surface area contributed by atoms with Crippen LogP contribution >= 0.6 is 0 Å². The van der Waals surface area contributed by atoms with Gasteiger partial charge in [0.2, 0.25) is 9.84 Å². The molecule has 1 saturated heterocycles. The number of hydrogen-bond acceptors (Lipinski definition) is 4. The Labute approximate surface area is 170 Å². The highest BCUT2D eigenvalue weighted by molar-refractivity contribution is 7.91. The lowest BCUT2D eigenvalue weighted by atomic mass is 10.0. The van der Waals surface area contributed by atoms with Gasteiger partial charge in [-0.2, -0.15) is 0 Å². The molecule has 2 aliphatic heterocycles. The van der Waals surface area contributed by atoms with Gasteiger partial charge in [0.1, 0.15) is 0 Å². The molecule has 2 N–H and O–H groups in total. The van der Waals surface area contributed by atoms with Crippen LogP contribution in [0.15, 0.2) is 52.3 Å². The summed E-state index contributed by atoms with van der Waals surface area (Å²) < 4.78 is 25.9.